The van der Waals surface area contributed by atoms with Gasteiger partial charge < -0.3 is 15.4 Å². The third-order valence-corrected chi connectivity index (χ3v) is 8.21. The van der Waals surface area contributed by atoms with Crippen molar-refractivity contribution in [1.82, 2.24) is 24.4 Å². The number of anilines is 1. The highest BCUT2D eigenvalue weighted by Crippen LogP contribution is 2.28. The first-order valence-corrected chi connectivity index (χ1v) is 13.0. The lowest BCUT2D eigenvalue weighted by Crippen LogP contribution is -2.47. The van der Waals surface area contributed by atoms with E-state index in [0.717, 1.165) is 29.6 Å². The Kier molecular flexibility index (Phi) is 6.96. The maximum atomic E-state index is 13.3. The van der Waals surface area contributed by atoms with Crippen LogP contribution in [0.2, 0.25) is 0 Å². The van der Waals surface area contributed by atoms with Crippen LogP contribution in [0.15, 0.2) is 12.4 Å². The number of piperidine rings is 1. The number of ether oxygens (including phenoxy) is 1. The Balaban J connectivity index is 1.53. The van der Waals surface area contributed by atoms with E-state index >= 15 is 0 Å². The number of fused-ring (bicyclic) bond motifs is 1. The molecule has 0 aliphatic carbocycles. The lowest BCUT2D eigenvalue weighted by Gasteiger charge is -2.31. The lowest BCUT2D eigenvalue weighted by atomic mass is 10.0. The molecule has 0 saturated carbocycles. The van der Waals surface area contributed by atoms with Gasteiger partial charge in [0, 0.05) is 51.1 Å². The van der Waals surface area contributed by atoms with E-state index in [0.29, 0.717) is 51.3 Å². The molecule has 32 heavy (non-hydrogen) atoms. The monoisotopic (exact) mass is 464 g/mol. The number of hydrogen-bond donors (Lipinski definition) is 2. The van der Waals surface area contributed by atoms with Gasteiger partial charge in [0.2, 0.25) is 10.0 Å². The van der Waals surface area contributed by atoms with E-state index in [1.54, 1.807) is 19.3 Å². The summed E-state index contributed by atoms with van der Waals surface area (Å²) in [5.41, 5.74) is 1.99. The quantitative estimate of drug-likeness (QED) is 0.639. The van der Waals surface area contributed by atoms with Crippen molar-refractivity contribution < 1.29 is 17.9 Å². The molecule has 0 spiro atoms. The summed E-state index contributed by atoms with van der Waals surface area (Å²) >= 11 is 0. The van der Waals surface area contributed by atoms with E-state index < -0.39 is 10.0 Å². The number of nitrogens with zero attached hydrogens (tertiary/aromatic N) is 4. The van der Waals surface area contributed by atoms with Gasteiger partial charge in [-0.2, -0.15) is 5.10 Å². The van der Waals surface area contributed by atoms with Gasteiger partial charge in [-0.05, 0) is 39.5 Å². The van der Waals surface area contributed by atoms with Crippen LogP contribution in [0, 0.1) is 0 Å². The molecule has 2 N–H and O–H groups in total. The van der Waals surface area contributed by atoms with Crippen LogP contribution in [0.1, 0.15) is 49.9 Å². The molecule has 11 heteroatoms. The molecule has 0 radical (unpaired) electrons. The van der Waals surface area contributed by atoms with Gasteiger partial charge in [0.15, 0.2) is 5.65 Å². The van der Waals surface area contributed by atoms with Gasteiger partial charge in [0.25, 0.3) is 5.91 Å². The largest absolute Gasteiger partial charge is 0.381 e. The van der Waals surface area contributed by atoms with Gasteiger partial charge in [-0.1, -0.05) is 0 Å². The highest BCUT2D eigenvalue weighted by Gasteiger charge is 2.29. The molecular weight excluding hydrogens is 432 g/mol. The number of hydrogen-bond acceptors (Lipinski definition) is 7. The van der Waals surface area contributed by atoms with E-state index in [1.165, 1.54) is 4.31 Å². The zero-order chi connectivity index (χ0) is 22.7. The molecule has 0 bridgehead atoms. The van der Waals surface area contributed by atoms with Gasteiger partial charge in [-0.3, -0.25) is 4.79 Å². The number of sulfonamides is 1. The fraction of sp³-hybridized carbons (Fsp3) is 0.667. The van der Waals surface area contributed by atoms with Crippen LogP contribution in [0.3, 0.4) is 0 Å². The summed E-state index contributed by atoms with van der Waals surface area (Å²) in [5, 5.41) is 11.9. The summed E-state index contributed by atoms with van der Waals surface area (Å²) in [6.07, 6.45) is 6.31. The number of carbonyl (C=O) groups is 1. The molecule has 2 aliphatic rings. The fourth-order valence-corrected chi connectivity index (χ4v) is 5.49. The number of aromatic nitrogens is 3. The van der Waals surface area contributed by atoms with Crippen LogP contribution in [0.25, 0.3) is 11.0 Å². The zero-order valence-electron chi connectivity index (χ0n) is 18.7. The molecule has 0 atom stereocenters. The van der Waals surface area contributed by atoms with Crippen molar-refractivity contribution in [2.75, 3.05) is 37.4 Å². The maximum absolute atomic E-state index is 13.3. The number of aryl methyl sites for hydroxylation is 1. The Morgan fingerprint density at radius 1 is 1.12 bits per heavy atom. The Hall–Kier alpha value is -2.24. The first-order valence-electron chi connectivity index (χ1n) is 11.4. The first kappa shape index (κ1) is 22.9. The molecule has 4 heterocycles. The SMILES string of the molecule is CCn1ncc2c(NC3CCOCC3)c(C(=O)NC3CCN(S(=O)(=O)CC)CC3)cnc21. The predicted octanol–water partition coefficient (Wildman–Crippen LogP) is 1.59. The molecule has 2 fully saturated rings. The minimum Gasteiger partial charge on any atom is -0.381 e. The van der Waals surface area contributed by atoms with E-state index in [1.807, 2.05) is 11.6 Å². The normalized spacial score (nSPS) is 19.3. The zero-order valence-corrected chi connectivity index (χ0v) is 19.5. The molecule has 4 rings (SSSR count). The highest BCUT2D eigenvalue weighted by molar-refractivity contribution is 7.89. The predicted molar refractivity (Wildman–Crippen MR) is 122 cm³/mol. The Bertz CT molecular complexity index is 1060. The van der Waals surface area contributed by atoms with Gasteiger partial charge in [-0.15, -0.1) is 0 Å². The molecule has 2 aromatic rings. The van der Waals surface area contributed by atoms with Crippen LogP contribution in [0.4, 0.5) is 5.69 Å². The van der Waals surface area contributed by atoms with E-state index in [2.05, 4.69) is 20.7 Å². The Morgan fingerprint density at radius 3 is 2.50 bits per heavy atom. The molecule has 1 amide bonds. The minimum atomic E-state index is -3.19. The smallest absolute Gasteiger partial charge is 0.255 e. The molecule has 2 saturated heterocycles. The van der Waals surface area contributed by atoms with Crippen LogP contribution < -0.4 is 10.6 Å². The number of pyridine rings is 1. The molecule has 0 unspecified atom stereocenters. The van der Waals surface area contributed by atoms with Gasteiger partial charge in [0.1, 0.15) is 0 Å². The molecular formula is C21H32N6O4S. The lowest BCUT2D eigenvalue weighted by molar-refractivity contribution is 0.0902. The molecule has 176 valence electrons. The van der Waals surface area contributed by atoms with Crippen molar-refractivity contribution in [2.45, 2.75) is 58.2 Å². The topological polar surface area (TPSA) is 118 Å². The number of carbonyl (C=O) groups excluding carboxylic acids is 1. The average Bonchev–Trinajstić information content (AvgIpc) is 3.24. The third kappa shape index (κ3) is 4.74. The summed E-state index contributed by atoms with van der Waals surface area (Å²) in [6.45, 7) is 6.59. The average molecular weight is 465 g/mol. The first-order chi connectivity index (χ1) is 15.4. The Morgan fingerprint density at radius 2 is 1.84 bits per heavy atom. The molecule has 2 aromatic heterocycles. The van der Waals surface area contributed by atoms with Crippen molar-refractivity contribution in [3.05, 3.63) is 18.0 Å². The second-order valence-corrected chi connectivity index (χ2v) is 10.6. The van der Waals surface area contributed by atoms with Crippen molar-refractivity contribution >= 4 is 32.7 Å². The van der Waals surface area contributed by atoms with Gasteiger partial charge in [-0.25, -0.2) is 22.4 Å². The number of nitrogens with one attached hydrogen (secondary N) is 2. The van der Waals surface area contributed by atoms with Gasteiger partial charge >= 0.3 is 0 Å². The Labute approximate surface area is 188 Å². The van der Waals surface area contributed by atoms with Crippen molar-refractivity contribution in [3.63, 3.8) is 0 Å². The molecule has 10 nitrogen and oxygen atoms in total. The van der Waals surface area contributed by atoms with Crippen LogP contribution in [-0.4, -0.2) is 77.5 Å². The van der Waals surface area contributed by atoms with Gasteiger partial charge in [0.05, 0.1) is 28.6 Å². The number of amides is 1. The summed E-state index contributed by atoms with van der Waals surface area (Å²) in [7, 11) is -3.19. The van der Waals surface area contributed by atoms with E-state index in [9.17, 15) is 13.2 Å². The number of rotatable bonds is 7. The fourth-order valence-electron chi connectivity index (χ4n) is 4.36. The van der Waals surface area contributed by atoms with E-state index in [4.69, 9.17) is 4.74 Å². The summed E-state index contributed by atoms with van der Waals surface area (Å²) in [5.74, 6) is -0.0995. The highest BCUT2D eigenvalue weighted by atomic mass is 32.2. The maximum Gasteiger partial charge on any atom is 0.255 e. The second-order valence-electron chi connectivity index (χ2n) is 8.32. The third-order valence-electron chi connectivity index (χ3n) is 6.33. The summed E-state index contributed by atoms with van der Waals surface area (Å²) in [6, 6.07) is 0.143. The van der Waals surface area contributed by atoms with Crippen molar-refractivity contribution in [1.29, 1.82) is 0 Å². The van der Waals surface area contributed by atoms with Crippen molar-refractivity contribution in [3.8, 4) is 0 Å². The standard InChI is InChI=1S/C21H32N6O4S/c1-3-27-20-17(14-23-27)19(24-16-7-11-31-12-8-16)18(13-22-20)21(28)25-15-5-9-26(10-6-15)32(29,30)4-2/h13-16H,3-12H2,1-2H3,(H,22,24)(H,25,28). The second kappa shape index (κ2) is 9.72. The van der Waals surface area contributed by atoms with Crippen LogP contribution in [-0.2, 0) is 21.3 Å². The molecule has 2 aliphatic heterocycles. The minimum absolute atomic E-state index is 0.0733. The van der Waals surface area contributed by atoms with E-state index in [-0.39, 0.29) is 23.7 Å². The summed E-state index contributed by atoms with van der Waals surface area (Å²) in [4.78, 5) is 17.8. The van der Waals surface area contributed by atoms with Crippen molar-refractivity contribution in [2.24, 2.45) is 0 Å². The summed E-state index contributed by atoms with van der Waals surface area (Å²) < 4.78 is 33.0. The van der Waals surface area contributed by atoms with Crippen LogP contribution in [0.5, 0.6) is 0 Å². The molecule has 0 aromatic carbocycles. The van der Waals surface area contributed by atoms with Crippen LogP contribution >= 0.6 is 0 Å².